The number of benzene rings is 2. The number of fused-ring (bicyclic) bond motifs is 1. The Morgan fingerprint density at radius 2 is 1.73 bits per heavy atom. The van der Waals surface area contributed by atoms with Gasteiger partial charge in [-0.1, -0.05) is 54.6 Å². The van der Waals surface area contributed by atoms with Crippen LogP contribution in [0.3, 0.4) is 0 Å². The van der Waals surface area contributed by atoms with Crippen LogP contribution in [0.4, 0.5) is 0 Å². The summed E-state index contributed by atoms with van der Waals surface area (Å²) in [7, 11) is 0. The maximum atomic E-state index is 12.3. The number of carbonyl (C=O) groups excluding carboxylic acids is 2. The van der Waals surface area contributed by atoms with Crippen LogP contribution >= 0.6 is 0 Å². The fourth-order valence-corrected chi connectivity index (χ4v) is 3.26. The van der Waals surface area contributed by atoms with Crippen LogP contribution in [0.15, 0.2) is 91.4 Å². The number of H-pyrrole nitrogens is 1. The van der Waals surface area contributed by atoms with Crippen molar-refractivity contribution in [1.29, 1.82) is 0 Å². The molecule has 4 rings (SSSR count). The van der Waals surface area contributed by atoms with E-state index in [1.54, 1.807) is 24.5 Å². The van der Waals surface area contributed by atoms with Gasteiger partial charge in [-0.3, -0.25) is 14.6 Å². The second-order valence-corrected chi connectivity index (χ2v) is 6.93. The Morgan fingerprint density at radius 1 is 0.900 bits per heavy atom. The van der Waals surface area contributed by atoms with Gasteiger partial charge >= 0.3 is 0 Å². The first-order valence-corrected chi connectivity index (χ1v) is 9.67. The Balaban J connectivity index is 1.41. The second kappa shape index (κ2) is 8.97. The van der Waals surface area contributed by atoms with Crippen LogP contribution in [0.2, 0.25) is 0 Å². The van der Waals surface area contributed by atoms with E-state index >= 15 is 0 Å². The summed E-state index contributed by atoms with van der Waals surface area (Å²) in [5.74, 6) is -0.456. The third-order valence-electron chi connectivity index (χ3n) is 4.77. The standard InChI is InChI=1S/C26H20N2O2/c29-23(11-8-19-7-9-21-13-15-28-26(21)16-19)17-24(30)12-10-20-4-1-2-6-25(20)22-5-3-14-27-18-22/h1-16,18,28H,17H2/b11-8+,12-10+. The second-order valence-electron chi connectivity index (χ2n) is 6.93. The van der Waals surface area contributed by atoms with Crippen molar-refractivity contribution in [3.63, 3.8) is 0 Å². The van der Waals surface area contributed by atoms with Crippen LogP contribution in [0.1, 0.15) is 17.5 Å². The highest BCUT2D eigenvalue weighted by molar-refractivity contribution is 6.11. The monoisotopic (exact) mass is 392 g/mol. The highest BCUT2D eigenvalue weighted by Crippen LogP contribution is 2.23. The molecule has 2 aromatic carbocycles. The molecule has 0 bridgehead atoms. The summed E-state index contributed by atoms with van der Waals surface area (Å²) in [6.45, 7) is 0. The van der Waals surface area contributed by atoms with E-state index in [-0.39, 0.29) is 18.0 Å². The summed E-state index contributed by atoms with van der Waals surface area (Å²) in [5.41, 5.74) is 4.78. The van der Waals surface area contributed by atoms with E-state index in [1.807, 2.05) is 66.9 Å². The van der Waals surface area contributed by atoms with Crippen molar-refractivity contribution in [3.05, 3.63) is 103 Å². The van der Waals surface area contributed by atoms with Crippen molar-refractivity contribution < 1.29 is 9.59 Å². The molecule has 0 saturated carbocycles. The lowest BCUT2D eigenvalue weighted by Gasteiger charge is -2.05. The number of allylic oxidation sites excluding steroid dienone is 2. The van der Waals surface area contributed by atoms with Crippen molar-refractivity contribution >= 4 is 34.6 Å². The molecule has 0 saturated heterocycles. The molecule has 2 aromatic heterocycles. The zero-order valence-electron chi connectivity index (χ0n) is 16.3. The summed E-state index contributed by atoms with van der Waals surface area (Å²) < 4.78 is 0. The van der Waals surface area contributed by atoms with Crippen molar-refractivity contribution in [1.82, 2.24) is 9.97 Å². The van der Waals surface area contributed by atoms with Crippen LogP contribution in [-0.2, 0) is 9.59 Å². The van der Waals surface area contributed by atoms with E-state index in [1.165, 1.54) is 12.2 Å². The van der Waals surface area contributed by atoms with Gasteiger partial charge in [-0.05, 0) is 52.4 Å². The molecule has 0 spiro atoms. The third-order valence-corrected chi connectivity index (χ3v) is 4.77. The van der Waals surface area contributed by atoms with E-state index in [2.05, 4.69) is 9.97 Å². The molecule has 0 unspecified atom stereocenters. The van der Waals surface area contributed by atoms with E-state index in [0.29, 0.717) is 0 Å². The predicted octanol–water partition coefficient (Wildman–Crippen LogP) is 5.48. The largest absolute Gasteiger partial charge is 0.361 e. The molecule has 0 aliphatic carbocycles. The molecule has 2 heterocycles. The maximum Gasteiger partial charge on any atom is 0.163 e. The molecule has 4 heteroatoms. The minimum absolute atomic E-state index is 0.160. The smallest absolute Gasteiger partial charge is 0.163 e. The molecular weight excluding hydrogens is 372 g/mol. The fraction of sp³-hybridized carbons (Fsp3) is 0.0385. The van der Waals surface area contributed by atoms with Gasteiger partial charge in [0.25, 0.3) is 0 Å². The van der Waals surface area contributed by atoms with E-state index in [4.69, 9.17) is 0 Å². The lowest BCUT2D eigenvalue weighted by molar-refractivity contribution is -0.121. The molecule has 30 heavy (non-hydrogen) atoms. The molecule has 0 amide bonds. The van der Waals surface area contributed by atoms with Gasteiger partial charge < -0.3 is 4.98 Å². The Morgan fingerprint density at radius 3 is 2.57 bits per heavy atom. The molecule has 0 aliphatic rings. The molecule has 0 aliphatic heterocycles. The van der Waals surface area contributed by atoms with E-state index < -0.39 is 0 Å². The van der Waals surface area contributed by atoms with Crippen LogP contribution in [-0.4, -0.2) is 21.5 Å². The van der Waals surface area contributed by atoms with Crippen molar-refractivity contribution in [2.75, 3.05) is 0 Å². The number of pyridine rings is 1. The van der Waals surface area contributed by atoms with Crippen molar-refractivity contribution in [2.24, 2.45) is 0 Å². The predicted molar refractivity (Wildman–Crippen MR) is 121 cm³/mol. The average molecular weight is 392 g/mol. The van der Waals surface area contributed by atoms with Gasteiger partial charge in [-0.15, -0.1) is 0 Å². The van der Waals surface area contributed by atoms with Gasteiger partial charge in [-0.25, -0.2) is 0 Å². The van der Waals surface area contributed by atoms with Gasteiger partial charge in [0.15, 0.2) is 11.6 Å². The number of carbonyl (C=O) groups is 2. The summed E-state index contributed by atoms with van der Waals surface area (Å²) in [5, 5.41) is 1.12. The van der Waals surface area contributed by atoms with Gasteiger partial charge in [0.2, 0.25) is 0 Å². The topological polar surface area (TPSA) is 62.8 Å². The van der Waals surface area contributed by atoms with Gasteiger partial charge in [0.1, 0.15) is 0 Å². The Kier molecular flexibility index (Phi) is 5.76. The number of aromatic nitrogens is 2. The molecule has 4 aromatic rings. The number of aromatic amines is 1. The summed E-state index contributed by atoms with van der Waals surface area (Å²) >= 11 is 0. The molecule has 4 nitrogen and oxygen atoms in total. The Bertz CT molecular complexity index is 1250. The minimum Gasteiger partial charge on any atom is -0.361 e. The highest BCUT2D eigenvalue weighted by Gasteiger charge is 2.06. The van der Waals surface area contributed by atoms with Crippen LogP contribution < -0.4 is 0 Å². The molecule has 0 fully saturated rings. The number of ketones is 2. The number of rotatable bonds is 7. The minimum atomic E-state index is -0.231. The van der Waals surface area contributed by atoms with Crippen LogP contribution in [0.5, 0.6) is 0 Å². The van der Waals surface area contributed by atoms with Crippen molar-refractivity contribution in [3.8, 4) is 11.1 Å². The molecule has 0 atom stereocenters. The van der Waals surface area contributed by atoms with E-state index in [9.17, 15) is 9.59 Å². The first kappa shape index (κ1) is 19.3. The van der Waals surface area contributed by atoms with Crippen LogP contribution in [0, 0.1) is 0 Å². The van der Waals surface area contributed by atoms with Gasteiger partial charge in [0.05, 0.1) is 6.42 Å². The Hall–Kier alpha value is -4.05. The molecule has 0 radical (unpaired) electrons. The first-order chi connectivity index (χ1) is 14.7. The molecule has 1 N–H and O–H groups in total. The van der Waals surface area contributed by atoms with E-state index in [0.717, 1.165) is 33.2 Å². The van der Waals surface area contributed by atoms with Gasteiger partial charge in [-0.2, -0.15) is 0 Å². The van der Waals surface area contributed by atoms with Gasteiger partial charge in [0, 0.05) is 29.7 Å². The lowest BCUT2D eigenvalue weighted by atomic mass is 10.0. The number of hydrogen-bond acceptors (Lipinski definition) is 3. The summed E-state index contributed by atoms with van der Waals surface area (Å²) in [6, 6.07) is 19.5. The molecular formula is C26H20N2O2. The zero-order chi connectivity index (χ0) is 20.8. The normalized spacial score (nSPS) is 11.5. The lowest BCUT2D eigenvalue weighted by Crippen LogP contribution is -2.02. The number of nitrogens with zero attached hydrogens (tertiary/aromatic N) is 1. The number of nitrogens with one attached hydrogen (secondary N) is 1. The first-order valence-electron chi connectivity index (χ1n) is 9.67. The number of hydrogen-bond donors (Lipinski definition) is 1. The summed E-state index contributed by atoms with van der Waals surface area (Å²) in [6.07, 6.45) is 11.6. The van der Waals surface area contributed by atoms with Crippen LogP contribution in [0.25, 0.3) is 34.2 Å². The van der Waals surface area contributed by atoms with Crippen molar-refractivity contribution in [2.45, 2.75) is 6.42 Å². The average Bonchev–Trinajstić information content (AvgIpc) is 3.25. The highest BCUT2D eigenvalue weighted by atomic mass is 16.1. The fourth-order valence-electron chi connectivity index (χ4n) is 3.26. The Labute approximate surface area is 174 Å². The zero-order valence-corrected chi connectivity index (χ0v) is 16.3. The third kappa shape index (κ3) is 4.67. The quantitative estimate of drug-likeness (QED) is 0.334. The molecule has 146 valence electrons. The SMILES string of the molecule is O=C(/C=C/c1ccc2cc[nH]c2c1)CC(=O)/C=C/c1ccccc1-c1cccnc1. The summed E-state index contributed by atoms with van der Waals surface area (Å²) in [4.78, 5) is 31.7. The maximum absolute atomic E-state index is 12.3.